The first-order valence-electron chi connectivity index (χ1n) is 11.7. The van der Waals surface area contributed by atoms with Gasteiger partial charge in [0, 0.05) is 37.3 Å². The number of piperazine rings is 1. The van der Waals surface area contributed by atoms with Gasteiger partial charge in [0.25, 0.3) is 0 Å². The van der Waals surface area contributed by atoms with E-state index in [4.69, 9.17) is 16.2 Å². The molecule has 1 unspecified atom stereocenters. The van der Waals surface area contributed by atoms with Crippen LogP contribution in [0.3, 0.4) is 0 Å². The molecule has 0 saturated carbocycles. The third-order valence-electron chi connectivity index (χ3n) is 6.65. The van der Waals surface area contributed by atoms with E-state index < -0.39 is 0 Å². The van der Waals surface area contributed by atoms with Crippen LogP contribution in [0.4, 0.5) is 11.8 Å². The van der Waals surface area contributed by atoms with Gasteiger partial charge < -0.3 is 26.8 Å². The third kappa shape index (κ3) is 4.46. The Balaban J connectivity index is 1.39. The monoisotopic (exact) mass is 451 g/mol. The van der Waals surface area contributed by atoms with Crippen LogP contribution in [0.1, 0.15) is 37.3 Å². The number of fused-ring (bicyclic) bond motifs is 3. The first-order valence-corrected chi connectivity index (χ1v) is 11.7. The molecule has 5 rings (SSSR count). The predicted octanol–water partition coefficient (Wildman–Crippen LogP) is 1.51. The lowest BCUT2D eigenvalue weighted by Gasteiger charge is -2.27. The zero-order valence-electron chi connectivity index (χ0n) is 19.3. The number of hydrogen-bond acceptors (Lipinski definition) is 9. The Labute approximate surface area is 193 Å². The highest BCUT2D eigenvalue weighted by atomic mass is 16.5. The van der Waals surface area contributed by atoms with E-state index in [0.717, 1.165) is 49.3 Å². The molecule has 10 heteroatoms. The second-order valence-electron chi connectivity index (χ2n) is 9.08. The molecule has 2 aliphatic heterocycles. The molecule has 2 aliphatic rings. The number of benzene rings is 1. The molecule has 0 radical (unpaired) electrons. The van der Waals surface area contributed by atoms with Gasteiger partial charge in [-0.2, -0.15) is 10.1 Å². The van der Waals surface area contributed by atoms with Crippen LogP contribution in [-0.4, -0.2) is 63.1 Å². The van der Waals surface area contributed by atoms with E-state index >= 15 is 0 Å². The minimum absolute atomic E-state index is 0.195. The molecule has 2 bridgehead atoms. The predicted molar refractivity (Wildman–Crippen MR) is 129 cm³/mol. The van der Waals surface area contributed by atoms with Crippen molar-refractivity contribution in [3.05, 3.63) is 35.5 Å². The summed E-state index contributed by atoms with van der Waals surface area (Å²) in [5, 5.41) is 11.4. The number of aromatic nitrogens is 4. The van der Waals surface area contributed by atoms with E-state index in [0.29, 0.717) is 30.0 Å². The van der Waals surface area contributed by atoms with Gasteiger partial charge in [-0.25, -0.2) is 4.98 Å². The highest BCUT2D eigenvalue weighted by Crippen LogP contribution is 2.29. The Morgan fingerprint density at radius 2 is 2.18 bits per heavy atom. The summed E-state index contributed by atoms with van der Waals surface area (Å²) in [5.74, 6) is 1.65. The number of nitrogens with one attached hydrogen (secondary N) is 2. The first-order chi connectivity index (χ1) is 16.0. The largest absolute Gasteiger partial charge is 0.496 e. The van der Waals surface area contributed by atoms with Crippen LogP contribution in [0.15, 0.2) is 24.4 Å². The van der Waals surface area contributed by atoms with Gasteiger partial charge in [-0.15, -0.1) is 0 Å². The molecule has 2 saturated heterocycles. The van der Waals surface area contributed by atoms with E-state index in [-0.39, 0.29) is 12.1 Å². The van der Waals surface area contributed by atoms with Crippen LogP contribution in [0, 0.1) is 0 Å². The zero-order valence-corrected chi connectivity index (χ0v) is 19.3. The number of hydrogen-bond donors (Lipinski definition) is 4. The number of nitrogens with zero attached hydrogens (tertiary/aromatic N) is 5. The third-order valence-corrected chi connectivity index (χ3v) is 6.65. The number of likely N-dealkylation sites (tertiary alicyclic amines) is 1. The highest BCUT2D eigenvalue weighted by Gasteiger charge is 2.37. The number of nitrogen functional groups attached to an aromatic ring is 1. The Morgan fingerprint density at radius 1 is 1.30 bits per heavy atom. The lowest BCUT2D eigenvalue weighted by atomic mass is 10.1. The van der Waals surface area contributed by atoms with Crippen LogP contribution in [0.5, 0.6) is 5.75 Å². The molecule has 2 aromatic heterocycles. The maximum Gasteiger partial charge on any atom is 0.222 e. The molecule has 0 amide bonds. The van der Waals surface area contributed by atoms with Crippen molar-refractivity contribution in [2.75, 3.05) is 31.2 Å². The fourth-order valence-corrected chi connectivity index (χ4v) is 5.05. The molecule has 0 spiro atoms. The summed E-state index contributed by atoms with van der Waals surface area (Å²) in [6.07, 6.45) is 4.54. The maximum atomic E-state index is 6.21. The molecule has 3 atom stereocenters. The van der Waals surface area contributed by atoms with E-state index in [1.54, 1.807) is 13.3 Å². The highest BCUT2D eigenvalue weighted by molar-refractivity contribution is 5.86. The molecule has 1 aromatic carbocycles. The Bertz CT molecular complexity index is 1130. The minimum atomic E-state index is -0.222. The minimum Gasteiger partial charge on any atom is -0.496 e. The topological polar surface area (TPSA) is 132 Å². The lowest BCUT2D eigenvalue weighted by molar-refractivity contribution is 0.217. The van der Waals surface area contributed by atoms with Gasteiger partial charge in [-0.3, -0.25) is 9.58 Å². The van der Waals surface area contributed by atoms with E-state index in [2.05, 4.69) is 55.7 Å². The number of methoxy groups -OCH3 is 1. The van der Waals surface area contributed by atoms with E-state index in [1.165, 1.54) is 12.0 Å². The number of anilines is 2. The van der Waals surface area contributed by atoms with Crippen molar-refractivity contribution in [3.63, 3.8) is 0 Å². The van der Waals surface area contributed by atoms with Crippen molar-refractivity contribution in [2.45, 2.75) is 57.5 Å². The summed E-state index contributed by atoms with van der Waals surface area (Å²) in [6, 6.07) is 7.75. The molecular weight excluding hydrogens is 418 g/mol. The summed E-state index contributed by atoms with van der Waals surface area (Å²) < 4.78 is 7.63. The van der Waals surface area contributed by atoms with Crippen molar-refractivity contribution in [3.8, 4) is 5.75 Å². The second-order valence-corrected chi connectivity index (χ2v) is 9.08. The molecule has 2 fully saturated rings. The molecular formula is C23H33N9O. The van der Waals surface area contributed by atoms with Gasteiger partial charge in [-0.05, 0) is 24.5 Å². The summed E-state index contributed by atoms with van der Waals surface area (Å²) >= 11 is 0. The molecule has 3 aromatic rings. The number of ether oxygens (including phenoxy) is 1. The van der Waals surface area contributed by atoms with E-state index in [9.17, 15) is 0 Å². The first kappa shape index (κ1) is 21.9. The average Bonchev–Trinajstić information content (AvgIpc) is 3.51. The van der Waals surface area contributed by atoms with Crippen molar-refractivity contribution in [2.24, 2.45) is 5.73 Å². The Morgan fingerprint density at radius 3 is 2.91 bits per heavy atom. The van der Waals surface area contributed by atoms with Crippen LogP contribution in [0.25, 0.3) is 11.0 Å². The van der Waals surface area contributed by atoms with Crippen LogP contribution >= 0.6 is 0 Å². The van der Waals surface area contributed by atoms with Crippen molar-refractivity contribution in [1.82, 2.24) is 30.0 Å². The van der Waals surface area contributed by atoms with Crippen molar-refractivity contribution < 1.29 is 4.74 Å². The smallest absolute Gasteiger partial charge is 0.222 e. The summed E-state index contributed by atoms with van der Waals surface area (Å²) in [4.78, 5) is 11.3. The average molecular weight is 452 g/mol. The fraction of sp³-hybridized carbons (Fsp3) is 0.522. The van der Waals surface area contributed by atoms with Crippen LogP contribution < -0.4 is 26.8 Å². The van der Waals surface area contributed by atoms with Crippen LogP contribution in [0.2, 0.25) is 0 Å². The van der Waals surface area contributed by atoms with Crippen LogP contribution in [-0.2, 0) is 13.1 Å². The number of rotatable bonds is 9. The van der Waals surface area contributed by atoms with Gasteiger partial charge in [0.05, 0.1) is 26.0 Å². The number of nitrogens with two attached hydrogens (primary N) is 2. The zero-order chi connectivity index (χ0) is 22.9. The van der Waals surface area contributed by atoms with Gasteiger partial charge in [0.1, 0.15) is 16.8 Å². The molecule has 176 valence electrons. The standard InChI is InChI=1S/C23H33N9O/c1-3-4-20(24)29-22-21-18(28-23(25)30-22)10-27-32(21)12-15-6-5-14(7-19(15)33-2)11-31-13-16-8-17(31)9-26-16/h5-7,10,16-17,20,26H,3-4,8-9,11-13,24H2,1-2H3,(H3,25,28,29,30)/t16-,17-,20?/m1/s1. The SMILES string of the molecule is CCCC(N)Nc1nc(N)nc2cnn(Cc3ccc(CN4C[C@H]5C[C@@H]4CN5)cc3OC)c12. The normalized spacial score (nSPS) is 21.1. The molecule has 4 heterocycles. The maximum absolute atomic E-state index is 6.21. The Hall–Kier alpha value is -2.95. The fourth-order valence-electron chi connectivity index (χ4n) is 5.05. The summed E-state index contributed by atoms with van der Waals surface area (Å²) in [6.45, 7) is 5.78. The summed E-state index contributed by atoms with van der Waals surface area (Å²) in [5.41, 5.74) is 15.9. The van der Waals surface area contributed by atoms with Gasteiger partial charge in [0.2, 0.25) is 5.95 Å². The van der Waals surface area contributed by atoms with Crippen molar-refractivity contribution >= 4 is 22.8 Å². The van der Waals surface area contributed by atoms with E-state index in [1.807, 2.05) is 4.68 Å². The van der Waals surface area contributed by atoms with Gasteiger partial charge in [-0.1, -0.05) is 25.5 Å². The summed E-state index contributed by atoms with van der Waals surface area (Å²) in [7, 11) is 1.71. The molecule has 0 aliphatic carbocycles. The van der Waals surface area contributed by atoms with Gasteiger partial charge in [0.15, 0.2) is 5.82 Å². The molecule has 6 N–H and O–H groups in total. The second kappa shape index (κ2) is 9.12. The molecule has 10 nitrogen and oxygen atoms in total. The lowest BCUT2D eigenvalue weighted by Crippen LogP contribution is -2.42. The molecule has 33 heavy (non-hydrogen) atoms. The Kier molecular flexibility index (Phi) is 6.05. The quantitative estimate of drug-likeness (QED) is 0.357. The van der Waals surface area contributed by atoms with Crippen molar-refractivity contribution in [1.29, 1.82) is 0 Å². The van der Waals surface area contributed by atoms with Gasteiger partial charge >= 0.3 is 0 Å².